The van der Waals surface area contributed by atoms with Crippen molar-refractivity contribution in [1.82, 2.24) is 0 Å². The van der Waals surface area contributed by atoms with E-state index < -0.39 is 34.7 Å². The third-order valence-corrected chi connectivity index (χ3v) is 2.91. The van der Waals surface area contributed by atoms with Gasteiger partial charge in [0.2, 0.25) is 5.82 Å². The summed E-state index contributed by atoms with van der Waals surface area (Å²) in [5, 5.41) is 11.4. The van der Waals surface area contributed by atoms with E-state index in [9.17, 15) is 18.0 Å². The predicted octanol–water partition coefficient (Wildman–Crippen LogP) is 2.95. The summed E-state index contributed by atoms with van der Waals surface area (Å²) in [7, 11) is 0. The average molecular weight is 296 g/mol. The topological polar surface area (TPSA) is 75.3 Å². The number of aryl methyl sites for hydroxylation is 1. The molecule has 0 atom stereocenters. The van der Waals surface area contributed by atoms with Crippen LogP contribution in [0.1, 0.15) is 15.9 Å². The van der Waals surface area contributed by atoms with Gasteiger partial charge in [-0.1, -0.05) is 0 Å². The Morgan fingerprint density at radius 3 is 2.48 bits per heavy atom. The second kappa shape index (κ2) is 5.35. The maximum absolute atomic E-state index is 13.6. The number of halogens is 3. The van der Waals surface area contributed by atoms with Gasteiger partial charge in [-0.15, -0.1) is 0 Å². The van der Waals surface area contributed by atoms with Gasteiger partial charge >= 0.3 is 0 Å². The molecule has 21 heavy (non-hydrogen) atoms. The number of benzene rings is 2. The quantitative estimate of drug-likeness (QED) is 0.589. The lowest BCUT2D eigenvalue weighted by Gasteiger charge is -2.09. The van der Waals surface area contributed by atoms with E-state index in [-0.39, 0.29) is 0 Å². The van der Waals surface area contributed by atoms with Crippen LogP contribution in [0.3, 0.4) is 0 Å². The van der Waals surface area contributed by atoms with Crippen LogP contribution in [0, 0.1) is 24.4 Å². The number of aromatic hydroxyl groups is 1. The molecule has 0 aromatic heterocycles. The molecule has 4 N–H and O–H groups in total. The van der Waals surface area contributed by atoms with Crippen LogP contribution in [0.4, 0.5) is 24.5 Å². The largest absolute Gasteiger partial charge is 0.503 e. The molecule has 0 unspecified atom stereocenters. The lowest BCUT2D eigenvalue weighted by Crippen LogP contribution is -2.15. The van der Waals surface area contributed by atoms with Crippen LogP contribution in [-0.2, 0) is 0 Å². The van der Waals surface area contributed by atoms with Gasteiger partial charge in [-0.05, 0) is 36.8 Å². The zero-order valence-corrected chi connectivity index (χ0v) is 10.9. The van der Waals surface area contributed by atoms with Crippen LogP contribution in [0.25, 0.3) is 0 Å². The number of hydrogen-bond donors (Lipinski definition) is 3. The van der Waals surface area contributed by atoms with Crippen LogP contribution in [0.15, 0.2) is 24.3 Å². The van der Waals surface area contributed by atoms with Gasteiger partial charge in [0, 0.05) is 11.4 Å². The van der Waals surface area contributed by atoms with Gasteiger partial charge in [0.1, 0.15) is 0 Å². The number of nitrogens with two attached hydrogens (primary N) is 1. The minimum absolute atomic E-state index is 0.301. The third-order valence-electron chi connectivity index (χ3n) is 2.91. The van der Waals surface area contributed by atoms with Crippen molar-refractivity contribution in [2.45, 2.75) is 6.92 Å². The lowest BCUT2D eigenvalue weighted by molar-refractivity contribution is 0.102. The average Bonchev–Trinajstić information content (AvgIpc) is 2.44. The molecule has 0 radical (unpaired) electrons. The Morgan fingerprint density at radius 1 is 1.19 bits per heavy atom. The first-order valence-electron chi connectivity index (χ1n) is 5.85. The molecule has 4 nitrogen and oxygen atoms in total. The highest BCUT2D eigenvalue weighted by molar-refractivity contribution is 6.04. The number of phenolic OH excluding ortho intramolecular Hbond substituents is 1. The van der Waals surface area contributed by atoms with Gasteiger partial charge in [0.25, 0.3) is 5.91 Å². The number of amides is 1. The molecular formula is C14H11F3N2O2. The minimum atomic E-state index is -1.74. The van der Waals surface area contributed by atoms with Gasteiger partial charge < -0.3 is 16.2 Å². The van der Waals surface area contributed by atoms with E-state index >= 15 is 0 Å². The molecule has 0 bridgehead atoms. The summed E-state index contributed by atoms with van der Waals surface area (Å²) < 4.78 is 39.7. The van der Waals surface area contributed by atoms with E-state index in [1.165, 1.54) is 18.2 Å². The van der Waals surface area contributed by atoms with Crippen molar-refractivity contribution in [2.24, 2.45) is 0 Å². The molecule has 0 heterocycles. The van der Waals surface area contributed by atoms with E-state index in [2.05, 4.69) is 5.32 Å². The first kappa shape index (κ1) is 14.7. The van der Waals surface area contributed by atoms with Gasteiger partial charge in [-0.25, -0.2) is 8.78 Å². The number of anilines is 2. The SMILES string of the molecule is Cc1cc(NC(=O)c2cc(F)c(F)c(O)c2F)ccc1N. The van der Waals surface area contributed by atoms with Crippen molar-refractivity contribution in [3.63, 3.8) is 0 Å². The Labute approximate surface area is 118 Å². The van der Waals surface area contributed by atoms with Crippen molar-refractivity contribution < 1.29 is 23.1 Å². The molecule has 110 valence electrons. The fourth-order valence-electron chi connectivity index (χ4n) is 1.71. The van der Waals surface area contributed by atoms with Crippen molar-refractivity contribution >= 4 is 17.3 Å². The van der Waals surface area contributed by atoms with Crippen molar-refractivity contribution in [1.29, 1.82) is 0 Å². The molecule has 2 aromatic rings. The number of hydrogen-bond acceptors (Lipinski definition) is 3. The number of nitrogens with one attached hydrogen (secondary N) is 1. The Morgan fingerprint density at radius 2 is 1.86 bits per heavy atom. The van der Waals surface area contributed by atoms with Crippen molar-refractivity contribution in [3.05, 3.63) is 52.8 Å². The van der Waals surface area contributed by atoms with Crippen LogP contribution >= 0.6 is 0 Å². The molecular weight excluding hydrogens is 285 g/mol. The molecule has 2 rings (SSSR count). The van der Waals surface area contributed by atoms with E-state index in [1.807, 2.05) is 0 Å². The van der Waals surface area contributed by atoms with E-state index in [0.717, 1.165) is 0 Å². The highest BCUT2D eigenvalue weighted by Gasteiger charge is 2.22. The van der Waals surface area contributed by atoms with Crippen molar-refractivity contribution in [3.8, 4) is 5.75 Å². The van der Waals surface area contributed by atoms with E-state index in [0.29, 0.717) is 23.0 Å². The first-order valence-corrected chi connectivity index (χ1v) is 5.85. The van der Waals surface area contributed by atoms with Crippen LogP contribution in [0.2, 0.25) is 0 Å². The molecule has 0 aliphatic heterocycles. The van der Waals surface area contributed by atoms with Crippen molar-refractivity contribution in [2.75, 3.05) is 11.1 Å². The van der Waals surface area contributed by atoms with Gasteiger partial charge in [0.05, 0.1) is 5.56 Å². The molecule has 7 heteroatoms. The molecule has 0 spiro atoms. The molecule has 1 amide bonds. The number of nitrogen functional groups attached to an aromatic ring is 1. The standard InChI is InChI=1S/C14H11F3N2O2/c1-6-4-7(2-3-10(6)18)19-14(21)8-5-9(15)12(17)13(20)11(8)16/h2-5,20H,18H2,1H3,(H,19,21). The maximum atomic E-state index is 13.6. The Balaban J connectivity index is 2.35. The van der Waals surface area contributed by atoms with Gasteiger partial charge in [-0.3, -0.25) is 4.79 Å². The number of rotatable bonds is 2. The smallest absolute Gasteiger partial charge is 0.258 e. The van der Waals surface area contributed by atoms with Gasteiger partial charge in [0.15, 0.2) is 17.4 Å². The van der Waals surface area contributed by atoms with Gasteiger partial charge in [-0.2, -0.15) is 4.39 Å². The molecule has 2 aromatic carbocycles. The summed E-state index contributed by atoms with van der Waals surface area (Å²) in [5.41, 5.74) is 6.30. The summed E-state index contributed by atoms with van der Waals surface area (Å²) in [4.78, 5) is 11.9. The number of carbonyl (C=O) groups excluding carboxylic acids is 1. The highest BCUT2D eigenvalue weighted by atomic mass is 19.2. The number of phenols is 1. The lowest BCUT2D eigenvalue weighted by atomic mass is 10.1. The summed E-state index contributed by atoms with van der Waals surface area (Å²) in [6.07, 6.45) is 0. The van der Waals surface area contributed by atoms with Crippen LogP contribution in [0.5, 0.6) is 5.75 Å². The van der Waals surface area contributed by atoms with E-state index in [1.54, 1.807) is 6.92 Å². The normalized spacial score (nSPS) is 10.5. The summed E-state index contributed by atoms with van der Waals surface area (Å²) >= 11 is 0. The third kappa shape index (κ3) is 2.76. The zero-order valence-electron chi connectivity index (χ0n) is 10.9. The molecule has 0 fully saturated rings. The van der Waals surface area contributed by atoms with Crippen LogP contribution in [-0.4, -0.2) is 11.0 Å². The van der Waals surface area contributed by atoms with Crippen LogP contribution < -0.4 is 11.1 Å². The van der Waals surface area contributed by atoms with E-state index in [4.69, 9.17) is 10.8 Å². The summed E-state index contributed by atoms with van der Waals surface area (Å²) in [5.74, 6) is -7.35. The Kier molecular flexibility index (Phi) is 3.75. The summed E-state index contributed by atoms with van der Waals surface area (Å²) in [6, 6.07) is 4.91. The molecule has 0 saturated heterocycles. The zero-order chi connectivity index (χ0) is 15.7. The monoisotopic (exact) mass is 296 g/mol. The molecule has 0 aliphatic rings. The number of carbonyl (C=O) groups is 1. The maximum Gasteiger partial charge on any atom is 0.258 e. The predicted molar refractivity (Wildman–Crippen MR) is 71.5 cm³/mol. The Bertz CT molecular complexity index is 733. The fourth-order valence-corrected chi connectivity index (χ4v) is 1.71. The fraction of sp³-hybridized carbons (Fsp3) is 0.0714. The molecule has 0 aliphatic carbocycles. The Hall–Kier alpha value is -2.70. The minimum Gasteiger partial charge on any atom is -0.503 e. The molecule has 0 saturated carbocycles. The second-order valence-electron chi connectivity index (χ2n) is 4.41. The summed E-state index contributed by atoms with van der Waals surface area (Å²) in [6.45, 7) is 1.70. The second-order valence-corrected chi connectivity index (χ2v) is 4.41. The first-order chi connectivity index (χ1) is 9.81. The highest BCUT2D eigenvalue weighted by Crippen LogP contribution is 2.26.